The second-order valence-corrected chi connectivity index (χ2v) is 7.65. The average Bonchev–Trinajstić information content (AvgIpc) is 3.50. The Morgan fingerprint density at radius 1 is 1.10 bits per heavy atom. The van der Waals surface area contributed by atoms with Gasteiger partial charge in [0.2, 0.25) is 0 Å². The lowest BCUT2D eigenvalue weighted by atomic mass is 9.82. The molecule has 0 aliphatic heterocycles. The van der Waals surface area contributed by atoms with Gasteiger partial charge in [0.1, 0.15) is 5.41 Å². The van der Waals surface area contributed by atoms with Crippen molar-refractivity contribution in [3.8, 4) is 5.69 Å². The fraction of sp³-hybridized carbons (Fsp3) is 0.261. The number of hydrogen-bond acceptors (Lipinski definition) is 3. The lowest BCUT2D eigenvalue weighted by molar-refractivity contribution is -0.142. The molecule has 2 N–H and O–H groups in total. The molecule has 6 nitrogen and oxygen atoms in total. The van der Waals surface area contributed by atoms with Crippen molar-refractivity contribution in [3.05, 3.63) is 83.7 Å². The number of benzene rings is 2. The number of aliphatic carboxylic acids is 1. The van der Waals surface area contributed by atoms with Gasteiger partial charge in [0.05, 0.1) is 23.1 Å². The molecule has 1 unspecified atom stereocenters. The summed E-state index contributed by atoms with van der Waals surface area (Å²) in [6.07, 6.45) is 3.63. The van der Waals surface area contributed by atoms with Gasteiger partial charge in [0.25, 0.3) is 5.91 Å². The predicted octanol–water partition coefficient (Wildman–Crippen LogP) is 3.52. The minimum atomic E-state index is -1.22. The number of nitrogens with one attached hydrogen (secondary N) is 1. The molecule has 6 heteroatoms. The third kappa shape index (κ3) is 3.66. The standard InChI is InChI=1S/C23H23N3O3/c1-23(22(28)29,17-8-4-2-5-9-17)15-24-21(27)19-14-25-26(20(19)16-12-13-16)18-10-6-3-7-11-18/h2-11,14,16H,12-13,15H2,1H3,(H,24,27)(H,28,29). The molecule has 0 spiro atoms. The molecule has 1 aromatic heterocycles. The van der Waals surface area contributed by atoms with E-state index >= 15 is 0 Å². The van der Waals surface area contributed by atoms with E-state index in [1.165, 1.54) is 0 Å². The summed E-state index contributed by atoms with van der Waals surface area (Å²) in [5, 5.41) is 17.1. The minimum Gasteiger partial charge on any atom is -0.481 e. The summed E-state index contributed by atoms with van der Waals surface area (Å²) in [6.45, 7) is 1.62. The number of carboxylic acids is 1. The normalized spacial score (nSPS) is 15.5. The molecule has 1 atom stereocenters. The molecule has 1 saturated carbocycles. The second kappa shape index (κ2) is 7.54. The number of carbonyl (C=O) groups excluding carboxylic acids is 1. The second-order valence-electron chi connectivity index (χ2n) is 7.65. The summed E-state index contributed by atoms with van der Waals surface area (Å²) in [6, 6.07) is 18.7. The van der Waals surface area contributed by atoms with Crippen LogP contribution in [-0.4, -0.2) is 33.3 Å². The van der Waals surface area contributed by atoms with Gasteiger partial charge in [-0.25, -0.2) is 4.68 Å². The molecule has 0 saturated heterocycles. The van der Waals surface area contributed by atoms with Gasteiger partial charge in [-0.15, -0.1) is 0 Å². The molecule has 1 amide bonds. The number of carboxylic acid groups (broad SMARTS) is 1. The highest BCUT2D eigenvalue weighted by Gasteiger charge is 2.37. The van der Waals surface area contributed by atoms with Crippen LogP contribution < -0.4 is 5.32 Å². The van der Waals surface area contributed by atoms with Gasteiger partial charge in [-0.2, -0.15) is 5.10 Å². The fourth-order valence-corrected chi connectivity index (χ4v) is 3.52. The fourth-order valence-electron chi connectivity index (χ4n) is 3.52. The molecule has 1 heterocycles. The zero-order chi connectivity index (χ0) is 20.4. The number of aromatic nitrogens is 2. The van der Waals surface area contributed by atoms with E-state index in [9.17, 15) is 14.7 Å². The van der Waals surface area contributed by atoms with E-state index in [0.717, 1.165) is 24.2 Å². The predicted molar refractivity (Wildman–Crippen MR) is 109 cm³/mol. The van der Waals surface area contributed by atoms with Crippen LogP contribution in [-0.2, 0) is 10.2 Å². The monoisotopic (exact) mass is 389 g/mol. The van der Waals surface area contributed by atoms with Gasteiger partial charge >= 0.3 is 5.97 Å². The van der Waals surface area contributed by atoms with Crippen molar-refractivity contribution in [1.82, 2.24) is 15.1 Å². The van der Waals surface area contributed by atoms with Gasteiger partial charge in [0, 0.05) is 12.5 Å². The summed E-state index contributed by atoms with van der Waals surface area (Å²) in [7, 11) is 0. The summed E-state index contributed by atoms with van der Waals surface area (Å²) >= 11 is 0. The highest BCUT2D eigenvalue weighted by Crippen LogP contribution is 2.42. The summed E-state index contributed by atoms with van der Waals surface area (Å²) in [4.78, 5) is 25.0. The molecular weight excluding hydrogens is 366 g/mol. The van der Waals surface area contributed by atoms with Crippen molar-refractivity contribution in [2.45, 2.75) is 31.1 Å². The van der Waals surface area contributed by atoms with E-state index in [1.807, 2.05) is 41.1 Å². The summed E-state index contributed by atoms with van der Waals surface area (Å²) < 4.78 is 1.82. The van der Waals surface area contributed by atoms with Crippen molar-refractivity contribution in [2.24, 2.45) is 0 Å². The van der Waals surface area contributed by atoms with Crippen molar-refractivity contribution >= 4 is 11.9 Å². The van der Waals surface area contributed by atoms with Crippen molar-refractivity contribution < 1.29 is 14.7 Å². The van der Waals surface area contributed by atoms with E-state index in [-0.39, 0.29) is 12.5 Å². The van der Waals surface area contributed by atoms with Crippen LogP contribution in [0.25, 0.3) is 5.69 Å². The number of amides is 1. The molecule has 0 bridgehead atoms. The van der Waals surface area contributed by atoms with Crippen LogP contribution in [0.15, 0.2) is 66.9 Å². The molecular formula is C23H23N3O3. The number of nitrogens with zero attached hydrogens (tertiary/aromatic N) is 2. The first-order valence-electron chi connectivity index (χ1n) is 9.71. The van der Waals surface area contributed by atoms with Crippen LogP contribution in [0.2, 0.25) is 0 Å². The SMILES string of the molecule is CC(CNC(=O)c1cnn(-c2ccccc2)c1C1CC1)(C(=O)O)c1ccccc1. The number of hydrogen-bond donors (Lipinski definition) is 2. The molecule has 0 radical (unpaired) electrons. The van der Waals surface area contributed by atoms with E-state index in [0.29, 0.717) is 17.0 Å². The van der Waals surface area contributed by atoms with Gasteiger partial charge in [-0.05, 0) is 37.5 Å². The van der Waals surface area contributed by atoms with Crippen LogP contribution in [0, 0.1) is 0 Å². The number of carbonyl (C=O) groups is 2. The van der Waals surface area contributed by atoms with Crippen LogP contribution in [0.5, 0.6) is 0 Å². The molecule has 1 aliphatic rings. The highest BCUT2D eigenvalue weighted by atomic mass is 16.4. The largest absolute Gasteiger partial charge is 0.481 e. The van der Waals surface area contributed by atoms with Crippen molar-refractivity contribution in [2.75, 3.05) is 6.54 Å². The number of para-hydroxylation sites is 1. The third-order valence-electron chi connectivity index (χ3n) is 5.50. The molecule has 1 aliphatic carbocycles. The summed E-state index contributed by atoms with van der Waals surface area (Å²) in [5.41, 5.74) is 1.75. The minimum absolute atomic E-state index is 0.00813. The van der Waals surface area contributed by atoms with Crippen molar-refractivity contribution in [1.29, 1.82) is 0 Å². The van der Waals surface area contributed by atoms with Crippen LogP contribution in [0.3, 0.4) is 0 Å². The van der Waals surface area contributed by atoms with Gasteiger partial charge < -0.3 is 10.4 Å². The Morgan fingerprint density at radius 3 is 2.31 bits per heavy atom. The first kappa shape index (κ1) is 18.9. The van der Waals surface area contributed by atoms with Gasteiger partial charge in [-0.3, -0.25) is 9.59 Å². The third-order valence-corrected chi connectivity index (χ3v) is 5.50. The lowest BCUT2D eigenvalue weighted by Crippen LogP contribution is -2.44. The van der Waals surface area contributed by atoms with Crippen LogP contribution >= 0.6 is 0 Å². The van der Waals surface area contributed by atoms with E-state index in [1.54, 1.807) is 37.4 Å². The Hall–Kier alpha value is -3.41. The van der Waals surface area contributed by atoms with Crippen LogP contribution in [0.1, 0.15) is 47.3 Å². The van der Waals surface area contributed by atoms with E-state index < -0.39 is 11.4 Å². The maximum absolute atomic E-state index is 13.0. The zero-order valence-electron chi connectivity index (χ0n) is 16.2. The smallest absolute Gasteiger partial charge is 0.315 e. The van der Waals surface area contributed by atoms with Crippen LogP contribution in [0.4, 0.5) is 0 Å². The Labute approximate surface area is 169 Å². The Morgan fingerprint density at radius 2 is 1.72 bits per heavy atom. The molecule has 2 aromatic carbocycles. The number of rotatable bonds is 7. The zero-order valence-corrected chi connectivity index (χ0v) is 16.2. The first-order valence-corrected chi connectivity index (χ1v) is 9.71. The Bertz CT molecular complexity index is 1030. The molecule has 29 heavy (non-hydrogen) atoms. The van der Waals surface area contributed by atoms with Crippen molar-refractivity contribution in [3.63, 3.8) is 0 Å². The van der Waals surface area contributed by atoms with Gasteiger partial charge in [0.15, 0.2) is 0 Å². The topological polar surface area (TPSA) is 84.2 Å². The molecule has 1 fully saturated rings. The average molecular weight is 389 g/mol. The molecule has 148 valence electrons. The quantitative estimate of drug-likeness (QED) is 0.648. The Balaban J connectivity index is 1.59. The maximum atomic E-state index is 13.0. The summed E-state index contributed by atoms with van der Waals surface area (Å²) in [5.74, 6) is -0.970. The first-order chi connectivity index (χ1) is 14.0. The van der Waals surface area contributed by atoms with E-state index in [2.05, 4.69) is 10.4 Å². The molecule has 3 aromatic rings. The lowest BCUT2D eigenvalue weighted by Gasteiger charge is -2.25. The van der Waals surface area contributed by atoms with E-state index in [4.69, 9.17) is 0 Å². The Kier molecular flexibility index (Phi) is 4.92. The van der Waals surface area contributed by atoms with Gasteiger partial charge in [-0.1, -0.05) is 48.5 Å². The molecule has 4 rings (SSSR count). The highest BCUT2D eigenvalue weighted by molar-refractivity contribution is 5.96. The maximum Gasteiger partial charge on any atom is 0.315 e.